The standard InChI is InChI=1S/C22H19BrN2O3/c1-14-5-3-7-17(11-14)24-21(26)15-6-4-8-18(12-15)25-22(27)16-9-10-20(28-2)19(23)13-16/h3-13H,1-2H3,(H,24,26)(H,25,27). The van der Waals surface area contributed by atoms with Crippen LogP contribution < -0.4 is 15.4 Å². The van der Waals surface area contributed by atoms with Crippen molar-refractivity contribution in [3.63, 3.8) is 0 Å². The summed E-state index contributed by atoms with van der Waals surface area (Å²) in [5.74, 6) is 0.125. The maximum Gasteiger partial charge on any atom is 0.255 e. The highest BCUT2D eigenvalue weighted by molar-refractivity contribution is 9.10. The number of halogens is 1. The number of carbonyl (C=O) groups excluding carboxylic acids is 2. The maximum atomic E-state index is 12.5. The van der Waals surface area contributed by atoms with Crippen molar-refractivity contribution >= 4 is 39.1 Å². The first kappa shape index (κ1) is 19.6. The molecule has 0 unspecified atom stereocenters. The van der Waals surface area contributed by atoms with Crippen LogP contribution in [-0.4, -0.2) is 18.9 Å². The molecule has 0 aromatic heterocycles. The van der Waals surface area contributed by atoms with Gasteiger partial charge in [-0.2, -0.15) is 0 Å². The van der Waals surface area contributed by atoms with Crippen LogP contribution in [0.3, 0.4) is 0 Å². The number of aryl methyl sites for hydroxylation is 1. The third kappa shape index (κ3) is 4.78. The summed E-state index contributed by atoms with van der Waals surface area (Å²) in [5, 5.41) is 5.67. The quantitative estimate of drug-likeness (QED) is 0.569. The normalized spacial score (nSPS) is 10.2. The zero-order valence-electron chi connectivity index (χ0n) is 15.5. The predicted octanol–water partition coefficient (Wildman–Crippen LogP) is 5.27. The van der Waals surface area contributed by atoms with E-state index in [4.69, 9.17) is 4.74 Å². The largest absolute Gasteiger partial charge is 0.496 e. The summed E-state index contributed by atoms with van der Waals surface area (Å²) in [4.78, 5) is 25.0. The van der Waals surface area contributed by atoms with Crippen molar-refractivity contribution in [3.05, 3.63) is 87.9 Å². The molecule has 0 spiro atoms. The minimum Gasteiger partial charge on any atom is -0.496 e. The second-order valence-electron chi connectivity index (χ2n) is 6.21. The van der Waals surface area contributed by atoms with Crippen molar-refractivity contribution in [2.75, 3.05) is 17.7 Å². The Morgan fingerprint density at radius 2 is 1.43 bits per heavy atom. The topological polar surface area (TPSA) is 67.4 Å². The van der Waals surface area contributed by atoms with Gasteiger partial charge in [0.25, 0.3) is 11.8 Å². The fourth-order valence-electron chi connectivity index (χ4n) is 2.68. The van der Waals surface area contributed by atoms with Gasteiger partial charge in [0.05, 0.1) is 11.6 Å². The lowest BCUT2D eigenvalue weighted by Gasteiger charge is -2.10. The van der Waals surface area contributed by atoms with Crippen molar-refractivity contribution in [3.8, 4) is 5.75 Å². The Morgan fingerprint density at radius 1 is 0.821 bits per heavy atom. The Labute approximate surface area is 171 Å². The van der Waals surface area contributed by atoms with Gasteiger partial charge in [0.15, 0.2) is 0 Å². The van der Waals surface area contributed by atoms with Crippen molar-refractivity contribution in [1.82, 2.24) is 0 Å². The van der Waals surface area contributed by atoms with Crippen LogP contribution >= 0.6 is 15.9 Å². The number of amides is 2. The molecule has 3 rings (SSSR count). The van der Waals surface area contributed by atoms with E-state index in [9.17, 15) is 9.59 Å². The van der Waals surface area contributed by atoms with Gasteiger partial charge in [-0.25, -0.2) is 0 Å². The van der Waals surface area contributed by atoms with Gasteiger partial charge in [-0.1, -0.05) is 18.2 Å². The van der Waals surface area contributed by atoms with Gasteiger partial charge in [0.1, 0.15) is 5.75 Å². The van der Waals surface area contributed by atoms with E-state index in [1.54, 1.807) is 49.6 Å². The maximum absolute atomic E-state index is 12.5. The predicted molar refractivity (Wildman–Crippen MR) is 114 cm³/mol. The van der Waals surface area contributed by atoms with Crippen LogP contribution in [-0.2, 0) is 0 Å². The van der Waals surface area contributed by atoms with Gasteiger partial charge >= 0.3 is 0 Å². The highest BCUT2D eigenvalue weighted by Gasteiger charge is 2.11. The van der Waals surface area contributed by atoms with Crippen LogP contribution in [0.5, 0.6) is 5.75 Å². The van der Waals surface area contributed by atoms with E-state index in [0.29, 0.717) is 27.0 Å². The molecule has 6 heteroatoms. The number of rotatable bonds is 5. The monoisotopic (exact) mass is 438 g/mol. The van der Waals surface area contributed by atoms with Gasteiger partial charge in [-0.15, -0.1) is 0 Å². The first-order valence-electron chi connectivity index (χ1n) is 8.59. The summed E-state index contributed by atoms with van der Waals surface area (Å²) in [6.07, 6.45) is 0. The highest BCUT2D eigenvalue weighted by atomic mass is 79.9. The second kappa shape index (κ2) is 8.71. The van der Waals surface area contributed by atoms with Crippen LogP contribution in [0.4, 0.5) is 11.4 Å². The number of hydrogen-bond acceptors (Lipinski definition) is 3. The van der Waals surface area contributed by atoms with Crippen LogP contribution in [0.15, 0.2) is 71.2 Å². The van der Waals surface area contributed by atoms with E-state index in [0.717, 1.165) is 11.3 Å². The van der Waals surface area contributed by atoms with Crippen molar-refractivity contribution < 1.29 is 14.3 Å². The molecule has 0 atom stereocenters. The average Bonchev–Trinajstić information content (AvgIpc) is 2.68. The van der Waals surface area contributed by atoms with Crippen molar-refractivity contribution in [1.29, 1.82) is 0 Å². The fourth-order valence-corrected chi connectivity index (χ4v) is 3.22. The molecule has 5 nitrogen and oxygen atoms in total. The molecule has 3 aromatic carbocycles. The molecule has 2 amide bonds. The van der Waals surface area contributed by atoms with E-state index in [-0.39, 0.29) is 11.8 Å². The summed E-state index contributed by atoms with van der Waals surface area (Å²) < 4.78 is 5.86. The number of carbonyl (C=O) groups is 2. The molecular weight excluding hydrogens is 420 g/mol. The Balaban J connectivity index is 1.73. The molecular formula is C22H19BrN2O3. The molecule has 28 heavy (non-hydrogen) atoms. The summed E-state index contributed by atoms with van der Waals surface area (Å²) in [6, 6.07) is 19.4. The summed E-state index contributed by atoms with van der Waals surface area (Å²) >= 11 is 3.37. The zero-order valence-corrected chi connectivity index (χ0v) is 17.0. The lowest BCUT2D eigenvalue weighted by Crippen LogP contribution is -2.14. The zero-order chi connectivity index (χ0) is 20.1. The first-order valence-corrected chi connectivity index (χ1v) is 9.38. The molecule has 0 fully saturated rings. The Morgan fingerprint density at radius 3 is 2.04 bits per heavy atom. The number of benzene rings is 3. The molecule has 0 bridgehead atoms. The SMILES string of the molecule is COc1ccc(C(=O)Nc2cccc(C(=O)Nc3cccc(C)c3)c2)cc1Br. The number of hydrogen-bond donors (Lipinski definition) is 2. The van der Waals surface area contributed by atoms with Crippen molar-refractivity contribution in [2.45, 2.75) is 6.92 Å². The Kier molecular flexibility index (Phi) is 6.11. The van der Waals surface area contributed by atoms with Crippen LogP contribution in [0.1, 0.15) is 26.3 Å². The summed E-state index contributed by atoms with van der Waals surface area (Å²) in [5.41, 5.74) is 3.25. The van der Waals surface area contributed by atoms with Gasteiger partial charge in [0.2, 0.25) is 0 Å². The van der Waals surface area contributed by atoms with Crippen LogP contribution in [0.25, 0.3) is 0 Å². The molecule has 0 aliphatic heterocycles. The summed E-state index contributed by atoms with van der Waals surface area (Å²) in [7, 11) is 1.56. The van der Waals surface area contributed by atoms with Gasteiger partial charge in [0, 0.05) is 22.5 Å². The number of nitrogens with one attached hydrogen (secondary N) is 2. The lowest BCUT2D eigenvalue weighted by molar-refractivity contribution is 0.101. The molecule has 0 radical (unpaired) electrons. The Hall–Kier alpha value is -3.12. The molecule has 0 saturated heterocycles. The van der Waals surface area contributed by atoms with E-state index in [1.165, 1.54) is 0 Å². The fraction of sp³-hybridized carbons (Fsp3) is 0.0909. The highest BCUT2D eigenvalue weighted by Crippen LogP contribution is 2.26. The summed E-state index contributed by atoms with van der Waals surface area (Å²) in [6.45, 7) is 1.96. The molecule has 3 aromatic rings. The minimum absolute atomic E-state index is 0.242. The first-order chi connectivity index (χ1) is 13.5. The molecule has 2 N–H and O–H groups in total. The van der Waals surface area contributed by atoms with Crippen molar-refractivity contribution in [2.24, 2.45) is 0 Å². The molecule has 0 aliphatic rings. The number of ether oxygens (including phenoxy) is 1. The molecule has 0 saturated carbocycles. The third-order valence-electron chi connectivity index (χ3n) is 4.07. The average molecular weight is 439 g/mol. The van der Waals surface area contributed by atoms with Gasteiger partial charge in [-0.3, -0.25) is 9.59 Å². The van der Waals surface area contributed by atoms with Gasteiger partial charge < -0.3 is 15.4 Å². The molecule has 0 heterocycles. The van der Waals surface area contributed by atoms with E-state index < -0.39 is 0 Å². The lowest BCUT2D eigenvalue weighted by atomic mass is 10.1. The van der Waals surface area contributed by atoms with E-state index in [2.05, 4.69) is 26.6 Å². The smallest absolute Gasteiger partial charge is 0.255 e. The second-order valence-corrected chi connectivity index (χ2v) is 7.06. The Bertz CT molecular complexity index is 1030. The van der Waals surface area contributed by atoms with Gasteiger partial charge in [-0.05, 0) is 76.9 Å². The van der Waals surface area contributed by atoms with E-state index in [1.807, 2.05) is 31.2 Å². The van der Waals surface area contributed by atoms with Crippen LogP contribution in [0, 0.1) is 6.92 Å². The molecule has 0 aliphatic carbocycles. The number of methoxy groups -OCH3 is 1. The molecule has 142 valence electrons. The van der Waals surface area contributed by atoms with E-state index >= 15 is 0 Å². The number of anilines is 2. The third-order valence-corrected chi connectivity index (χ3v) is 4.69. The minimum atomic E-state index is -0.278. The van der Waals surface area contributed by atoms with Crippen LogP contribution in [0.2, 0.25) is 0 Å².